The monoisotopic (exact) mass is 664 g/mol. The minimum absolute atomic E-state index is 1.04. The SMILES string of the molecule is [CH3][Ge]([CH3])[C]#Cc1ccccc1C#[C][Ge]([CH3])[CH3].[CH3][Ge]([CH3])[C]#Cc1ccccc1C#[C][Ge]([CH3])[CH3]. The van der Waals surface area contributed by atoms with E-state index < -0.39 is 57.4 Å². The van der Waals surface area contributed by atoms with Gasteiger partial charge < -0.3 is 0 Å². The Labute approximate surface area is 215 Å². The van der Waals surface area contributed by atoms with Crippen molar-refractivity contribution in [2.75, 3.05) is 0 Å². The van der Waals surface area contributed by atoms with Crippen molar-refractivity contribution in [1.29, 1.82) is 0 Å². The summed E-state index contributed by atoms with van der Waals surface area (Å²) < 4.78 is 13.4. The van der Waals surface area contributed by atoms with Crippen LogP contribution in [0.4, 0.5) is 0 Å². The molecule has 32 heavy (non-hydrogen) atoms. The molecule has 0 saturated carbocycles. The van der Waals surface area contributed by atoms with E-state index in [1.165, 1.54) is 0 Å². The van der Waals surface area contributed by atoms with Crippen LogP contribution >= 0.6 is 0 Å². The summed E-state index contributed by atoms with van der Waals surface area (Å²) in [5.74, 6) is 31.2. The summed E-state index contributed by atoms with van der Waals surface area (Å²) in [5.41, 5.74) is 4.40. The van der Waals surface area contributed by atoms with Crippen molar-refractivity contribution in [3.63, 3.8) is 0 Å². The van der Waals surface area contributed by atoms with Gasteiger partial charge in [0.2, 0.25) is 0 Å². The molecule has 0 atom stereocenters. The fourth-order valence-corrected chi connectivity index (χ4v) is 5.40. The Kier molecular flexibility index (Phi) is 14.9. The third-order valence-electron chi connectivity index (χ3n) is 3.64. The van der Waals surface area contributed by atoms with Crippen LogP contribution in [-0.2, 0) is 0 Å². The van der Waals surface area contributed by atoms with E-state index in [1.807, 2.05) is 24.3 Å². The Balaban J connectivity index is 0.000000320. The van der Waals surface area contributed by atoms with E-state index in [2.05, 4.69) is 113 Å². The van der Waals surface area contributed by atoms with Crippen molar-refractivity contribution in [1.82, 2.24) is 0 Å². The Hall–Kier alpha value is -1.15. The second kappa shape index (κ2) is 16.5. The minimum atomic E-state index is -1.04. The Morgan fingerprint density at radius 1 is 0.375 bits per heavy atom. The van der Waals surface area contributed by atoms with Crippen LogP contribution < -0.4 is 0 Å². The van der Waals surface area contributed by atoms with Gasteiger partial charge in [0.15, 0.2) is 0 Å². The third-order valence-corrected chi connectivity index (χ3v) is 8.89. The molecule has 2 rings (SSSR count). The zero-order valence-corrected chi connectivity index (χ0v) is 29.0. The molecule has 0 nitrogen and oxygen atoms in total. The van der Waals surface area contributed by atoms with Gasteiger partial charge in [-0.15, -0.1) is 0 Å². The molecule has 0 N–H and O–H groups in total. The first-order chi connectivity index (χ1) is 15.2. The van der Waals surface area contributed by atoms with Gasteiger partial charge in [-0.1, -0.05) is 0 Å². The third kappa shape index (κ3) is 13.4. The van der Waals surface area contributed by atoms with Crippen LogP contribution in [0.5, 0.6) is 0 Å². The first-order valence-corrected chi connectivity index (χ1v) is 31.6. The molecule has 0 bridgehead atoms. The molecule has 0 heterocycles. The molecule has 4 heteroatoms. The summed E-state index contributed by atoms with van der Waals surface area (Å²) in [6, 6.07) is 16.4. The molecule has 0 unspecified atom stereocenters. The molecule has 0 saturated heterocycles. The van der Waals surface area contributed by atoms with Crippen molar-refractivity contribution in [3.05, 3.63) is 70.8 Å². The van der Waals surface area contributed by atoms with E-state index in [0.717, 1.165) is 22.3 Å². The van der Waals surface area contributed by atoms with Gasteiger partial charge in [0.25, 0.3) is 0 Å². The molecular weight excluding hydrogens is 627 g/mol. The number of benzene rings is 2. The summed E-state index contributed by atoms with van der Waals surface area (Å²) in [4.78, 5) is 0. The van der Waals surface area contributed by atoms with Gasteiger partial charge in [-0.3, -0.25) is 0 Å². The molecule has 0 aliphatic rings. The van der Waals surface area contributed by atoms with E-state index in [-0.39, 0.29) is 0 Å². The van der Waals surface area contributed by atoms with Crippen LogP contribution in [0.3, 0.4) is 0 Å². The van der Waals surface area contributed by atoms with Gasteiger partial charge in [-0.2, -0.15) is 0 Å². The van der Waals surface area contributed by atoms with Gasteiger partial charge in [-0.25, -0.2) is 0 Å². The average Bonchev–Trinajstić information content (AvgIpc) is 2.74. The van der Waals surface area contributed by atoms with Gasteiger partial charge >= 0.3 is 217 Å². The van der Waals surface area contributed by atoms with Crippen LogP contribution in [0, 0.1) is 42.7 Å². The second-order valence-electron chi connectivity index (χ2n) is 8.09. The molecule has 160 valence electrons. The fourth-order valence-electron chi connectivity index (χ4n) is 2.17. The molecular formula is C28H32Ge4. The van der Waals surface area contributed by atoms with Gasteiger partial charge in [0, 0.05) is 0 Å². The maximum atomic E-state index is 3.35. The molecule has 0 aliphatic heterocycles. The summed E-state index contributed by atoms with van der Waals surface area (Å²) in [6.45, 7) is 0. The van der Waals surface area contributed by atoms with Gasteiger partial charge in [-0.05, 0) is 0 Å². The van der Waals surface area contributed by atoms with Crippen LogP contribution in [0.1, 0.15) is 22.3 Å². The number of hydrogen-bond acceptors (Lipinski definition) is 0. The maximum absolute atomic E-state index is 3.35. The topological polar surface area (TPSA) is 0 Å². The first-order valence-electron chi connectivity index (χ1n) is 10.7. The van der Waals surface area contributed by atoms with E-state index in [9.17, 15) is 0 Å². The second-order valence-corrected chi connectivity index (χ2v) is 27.0. The normalized spacial score (nSPS) is 9.38. The van der Waals surface area contributed by atoms with Crippen molar-refractivity contribution in [2.24, 2.45) is 0 Å². The molecule has 2 aromatic carbocycles. The molecule has 0 amide bonds. The van der Waals surface area contributed by atoms with Crippen LogP contribution in [0.15, 0.2) is 48.5 Å². The molecule has 4 radical (unpaired) electrons. The van der Waals surface area contributed by atoms with Gasteiger partial charge in [0.05, 0.1) is 0 Å². The predicted octanol–water partition coefficient (Wildman–Crippen LogP) is 5.95. The average molecular weight is 659 g/mol. The van der Waals surface area contributed by atoms with Crippen LogP contribution in [0.2, 0.25) is 46.0 Å². The Morgan fingerprint density at radius 2 is 0.562 bits per heavy atom. The zero-order valence-electron chi connectivity index (χ0n) is 20.6. The zero-order chi connectivity index (χ0) is 23.9. The quantitative estimate of drug-likeness (QED) is 0.243. The van der Waals surface area contributed by atoms with Crippen molar-refractivity contribution in [3.8, 4) is 42.7 Å². The molecule has 2 aromatic rings. The van der Waals surface area contributed by atoms with E-state index in [4.69, 9.17) is 0 Å². The standard InChI is InChI=1S/2C14H16Ge2/c2*1-15(2)11-9-13-7-5-6-8-14(13)10-12-16(3)4/h2*5-8H,1-4H3. The number of hydrogen-bond donors (Lipinski definition) is 0. The molecule has 0 aromatic heterocycles. The van der Waals surface area contributed by atoms with Gasteiger partial charge in [0.1, 0.15) is 0 Å². The van der Waals surface area contributed by atoms with Crippen LogP contribution in [-0.4, -0.2) is 57.4 Å². The Morgan fingerprint density at radius 3 is 0.719 bits per heavy atom. The molecule has 0 aliphatic carbocycles. The van der Waals surface area contributed by atoms with E-state index in [0.29, 0.717) is 0 Å². The van der Waals surface area contributed by atoms with Crippen molar-refractivity contribution < 1.29 is 0 Å². The molecule has 0 spiro atoms. The molecule has 0 fully saturated rings. The fraction of sp³-hybridized carbons (Fsp3) is 0.286. The number of rotatable bonds is 0. The van der Waals surface area contributed by atoms with Crippen LogP contribution in [0.25, 0.3) is 0 Å². The predicted molar refractivity (Wildman–Crippen MR) is 150 cm³/mol. The summed E-state index contributed by atoms with van der Waals surface area (Å²) in [5, 5.41) is 0. The van der Waals surface area contributed by atoms with E-state index in [1.54, 1.807) is 0 Å². The van der Waals surface area contributed by atoms with Crippen molar-refractivity contribution >= 4 is 57.4 Å². The summed E-state index contributed by atoms with van der Waals surface area (Å²) in [7, 11) is 0. The van der Waals surface area contributed by atoms with Crippen molar-refractivity contribution in [2.45, 2.75) is 46.0 Å². The summed E-state index contributed by atoms with van der Waals surface area (Å²) >= 11 is -4.16. The van der Waals surface area contributed by atoms with E-state index >= 15 is 0 Å². The summed E-state index contributed by atoms with van der Waals surface area (Å²) in [6.07, 6.45) is 0. The Bertz CT molecular complexity index is 931. The first kappa shape index (κ1) is 28.9.